The molecule has 2 atom stereocenters. The highest BCUT2D eigenvalue weighted by atomic mass is 16.7. The van der Waals surface area contributed by atoms with Gasteiger partial charge in [-0.3, -0.25) is 4.98 Å². The van der Waals surface area contributed by atoms with Crippen molar-refractivity contribution in [1.82, 2.24) is 15.1 Å². The zero-order valence-corrected chi connectivity index (χ0v) is 12.2. The Morgan fingerprint density at radius 1 is 1.04 bits per heavy atom. The molecule has 114 valence electrons. The summed E-state index contributed by atoms with van der Waals surface area (Å²) in [5.74, 6) is 3.44. The van der Waals surface area contributed by atoms with Gasteiger partial charge < -0.3 is 14.0 Å². The number of fused-ring (bicyclic) bond motifs is 1. The van der Waals surface area contributed by atoms with Crippen molar-refractivity contribution in [2.24, 2.45) is 0 Å². The number of benzene rings is 1. The zero-order chi connectivity index (χ0) is 15.2. The molecule has 0 N–H and O–H groups in total. The summed E-state index contributed by atoms with van der Waals surface area (Å²) in [5.41, 5.74) is 2.09. The van der Waals surface area contributed by atoms with Gasteiger partial charge in [-0.2, -0.15) is 4.98 Å². The molecular weight excluding hydrogens is 294 g/mol. The number of hydrogen-bond donors (Lipinski definition) is 0. The fourth-order valence-electron chi connectivity index (χ4n) is 2.97. The first kappa shape index (κ1) is 12.6. The van der Waals surface area contributed by atoms with Crippen molar-refractivity contribution in [2.75, 3.05) is 6.79 Å². The highest BCUT2D eigenvalue weighted by Crippen LogP contribution is 2.54. The summed E-state index contributed by atoms with van der Waals surface area (Å²) in [6.45, 7) is 0.255. The maximum atomic E-state index is 5.46. The lowest BCUT2D eigenvalue weighted by atomic mass is 10.1. The van der Waals surface area contributed by atoms with Gasteiger partial charge in [0.05, 0.1) is 0 Å². The molecule has 6 nitrogen and oxygen atoms in total. The van der Waals surface area contributed by atoms with Gasteiger partial charge >= 0.3 is 0 Å². The van der Waals surface area contributed by atoms with Crippen LogP contribution in [0.15, 0.2) is 47.2 Å². The van der Waals surface area contributed by atoms with E-state index in [9.17, 15) is 0 Å². The Balaban J connectivity index is 1.39. The average Bonchev–Trinajstić information content (AvgIpc) is 3.04. The number of hydrogen-bond acceptors (Lipinski definition) is 6. The zero-order valence-electron chi connectivity index (χ0n) is 12.2. The van der Waals surface area contributed by atoms with Crippen LogP contribution in [0.2, 0.25) is 0 Å². The minimum absolute atomic E-state index is 0.255. The van der Waals surface area contributed by atoms with Crippen LogP contribution in [0.5, 0.6) is 11.5 Å². The molecule has 2 aromatic heterocycles. The van der Waals surface area contributed by atoms with Crippen molar-refractivity contribution in [2.45, 2.75) is 18.3 Å². The molecule has 1 aliphatic carbocycles. The number of nitrogens with zero attached hydrogens (tertiary/aromatic N) is 3. The Hall–Kier alpha value is -2.89. The van der Waals surface area contributed by atoms with Gasteiger partial charge in [-0.1, -0.05) is 11.2 Å². The lowest BCUT2D eigenvalue weighted by Crippen LogP contribution is -1.92. The van der Waals surface area contributed by atoms with Gasteiger partial charge in [0.1, 0.15) is 0 Å². The molecule has 5 rings (SSSR count). The SMILES string of the molecule is c1cncc([C@H]2C[C@H]2c2nc(-c3ccc4c(c3)OCO4)no2)c1. The number of ether oxygens (including phenoxy) is 2. The summed E-state index contributed by atoms with van der Waals surface area (Å²) < 4.78 is 16.2. The Labute approximate surface area is 132 Å². The lowest BCUT2D eigenvalue weighted by Gasteiger charge is -1.97. The van der Waals surface area contributed by atoms with E-state index < -0.39 is 0 Å². The summed E-state index contributed by atoms with van der Waals surface area (Å²) in [5, 5.41) is 4.10. The third kappa shape index (κ3) is 2.14. The van der Waals surface area contributed by atoms with Gasteiger partial charge in [0.25, 0.3) is 0 Å². The van der Waals surface area contributed by atoms with Crippen LogP contribution in [0, 0.1) is 0 Å². The highest BCUT2D eigenvalue weighted by Gasteiger charge is 2.43. The topological polar surface area (TPSA) is 70.3 Å². The van der Waals surface area contributed by atoms with E-state index in [0.717, 1.165) is 17.7 Å². The molecule has 1 saturated carbocycles. The molecule has 1 aromatic carbocycles. The molecule has 3 aromatic rings. The molecule has 0 amide bonds. The van der Waals surface area contributed by atoms with E-state index >= 15 is 0 Å². The summed E-state index contributed by atoms with van der Waals surface area (Å²) >= 11 is 0. The van der Waals surface area contributed by atoms with Crippen LogP contribution in [-0.2, 0) is 0 Å². The molecule has 0 spiro atoms. The monoisotopic (exact) mass is 307 g/mol. The van der Waals surface area contributed by atoms with Gasteiger partial charge in [0.2, 0.25) is 18.5 Å². The van der Waals surface area contributed by atoms with Crippen molar-refractivity contribution >= 4 is 0 Å². The highest BCUT2D eigenvalue weighted by molar-refractivity contribution is 5.61. The molecule has 2 aliphatic rings. The van der Waals surface area contributed by atoms with E-state index in [4.69, 9.17) is 14.0 Å². The minimum Gasteiger partial charge on any atom is -0.454 e. The van der Waals surface area contributed by atoms with Gasteiger partial charge in [-0.15, -0.1) is 0 Å². The van der Waals surface area contributed by atoms with Crippen LogP contribution < -0.4 is 9.47 Å². The molecule has 1 aliphatic heterocycles. The minimum atomic E-state index is 0.255. The van der Waals surface area contributed by atoms with Crippen molar-refractivity contribution < 1.29 is 14.0 Å². The van der Waals surface area contributed by atoms with E-state index in [2.05, 4.69) is 21.2 Å². The van der Waals surface area contributed by atoms with Crippen molar-refractivity contribution in [3.8, 4) is 22.9 Å². The summed E-state index contributed by atoms with van der Waals surface area (Å²) in [7, 11) is 0. The van der Waals surface area contributed by atoms with Crippen LogP contribution >= 0.6 is 0 Å². The molecule has 0 unspecified atom stereocenters. The van der Waals surface area contributed by atoms with Crippen molar-refractivity contribution in [3.63, 3.8) is 0 Å². The lowest BCUT2D eigenvalue weighted by molar-refractivity contribution is 0.174. The maximum absolute atomic E-state index is 5.46. The second kappa shape index (κ2) is 4.81. The second-order valence-electron chi connectivity index (χ2n) is 5.76. The van der Waals surface area contributed by atoms with Gasteiger partial charge in [-0.05, 0) is 42.2 Å². The Bertz CT molecular complexity index is 863. The fourth-order valence-corrected chi connectivity index (χ4v) is 2.97. The Morgan fingerprint density at radius 3 is 2.91 bits per heavy atom. The maximum Gasteiger partial charge on any atom is 0.231 e. The van der Waals surface area contributed by atoms with Crippen LogP contribution in [0.4, 0.5) is 0 Å². The van der Waals surface area contributed by atoms with Crippen LogP contribution in [0.25, 0.3) is 11.4 Å². The first-order valence-electron chi connectivity index (χ1n) is 7.52. The summed E-state index contributed by atoms with van der Waals surface area (Å²) in [6, 6.07) is 9.70. The molecule has 1 fully saturated rings. The second-order valence-corrected chi connectivity index (χ2v) is 5.76. The van der Waals surface area contributed by atoms with E-state index in [1.807, 2.05) is 30.5 Å². The van der Waals surface area contributed by atoms with Crippen molar-refractivity contribution in [1.29, 1.82) is 0 Å². The summed E-state index contributed by atoms with van der Waals surface area (Å²) in [6.07, 6.45) is 4.71. The fraction of sp³-hybridized carbons (Fsp3) is 0.235. The number of pyridine rings is 1. The van der Waals surface area contributed by atoms with Crippen molar-refractivity contribution in [3.05, 3.63) is 54.2 Å². The van der Waals surface area contributed by atoms with Crippen LogP contribution in [0.3, 0.4) is 0 Å². The molecular formula is C17H13N3O3. The molecule has 0 bridgehead atoms. The van der Waals surface area contributed by atoms with Gasteiger partial charge in [0, 0.05) is 23.9 Å². The smallest absolute Gasteiger partial charge is 0.231 e. The van der Waals surface area contributed by atoms with Gasteiger partial charge in [0.15, 0.2) is 11.5 Å². The van der Waals surface area contributed by atoms with Crippen LogP contribution in [-0.4, -0.2) is 21.9 Å². The predicted molar refractivity (Wildman–Crippen MR) is 80.2 cm³/mol. The predicted octanol–water partition coefficient (Wildman–Crippen LogP) is 3.13. The van der Waals surface area contributed by atoms with E-state index in [0.29, 0.717) is 23.4 Å². The van der Waals surface area contributed by atoms with E-state index in [-0.39, 0.29) is 12.7 Å². The molecule has 6 heteroatoms. The third-order valence-corrected chi connectivity index (χ3v) is 4.29. The Morgan fingerprint density at radius 2 is 2.00 bits per heavy atom. The first-order valence-corrected chi connectivity index (χ1v) is 7.52. The molecule has 23 heavy (non-hydrogen) atoms. The number of rotatable bonds is 3. The van der Waals surface area contributed by atoms with Gasteiger partial charge in [-0.25, -0.2) is 0 Å². The Kier molecular flexibility index (Phi) is 2.64. The van der Waals surface area contributed by atoms with E-state index in [1.54, 1.807) is 6.20 Å². The standard InChI is InChI=1S/C17H13N3O3/c1-2-11(8-18-5-1)12-7-13(12)17-19-16(20-23-17)10-3-4-14-15(6-10)22-9-21-14/h1-6,8,12-13H,7,9H2/t12-,13-/m1/s1. The molecule has 3 heterocycles. The molecule has 0 radical (unpaired) electrons. The summed E-state index contributed by atoms with van der Waals surface area (Å²) in [4.78, 5) is 8.72. The molecule has 0 saturated heterocycles. The number of aromatic nitrogens is 3. The van der Waals surface area contributed by atoms with E-state index in [1.165, 1.54) is 5.56 Å². The average molecular weight is 307 g/mol. The quantitative estimate of drug-likeness (QED) is 0.740. The normalized spacial score (nSPS) is 21.4. The largest absolute Gasteiger partial charge is 0.454 e. The third-order valence-electron chi connectivity index (χ3n) is 4.29. The first-order chi connectivity index (χ1) is 11.4. The van der Waals surface area contributed by atoms with Crippen LogP contribution in [0.1, 0.15) is 29.7 Å².